The van der Waals surface area contributed by atoms with E-state index < -0.39 is 11.2 Å². The van der Waals surface area contributed by atoms with Crippen LogP contribution in [0.4, 0.5) is 32.6 Å². The number of anilines is 4. The lowest BCUT2D eigenvalue weighted by Crippen LogP contribution is -2.42. The van der Waals surface area contributed by atoms with E-state index in [2.05, 4.69) is 75.0 Å². The zero-order chi connectivity index (χ0) is 57.1. The normalized spacial score (nSPS) is 15.7. The monoisotopic (exact) mass is 1100 g/mol. The largest absolute Gasteiger partial charge is 0.457 e. The third-order valence-electron chi connectivity index (χ3n) is 14.2. The second-order valence-corrected chi connectivity index (χ2v) is 22.8. The number of aryl methyl sites for hydroxylation is 2. The summed E-state index contributed by atoms with van der Waals surface area (Å²) in [4.78, 5) is 55.6. The van der Waals surface area contributed by atoms with Gasteiger partial charge in [-0.3, -0.25) is 0 Å². The van der Waals surface area contributed by atoms with E-state index in [1.165, 1.54) is 12.7 Å². The smallest absolute Gasteiger partial charge is 0.410 e. The molecule has 2 N–H and O–H groups in total. The van der Waals surface area contributed by atoms with Gasteiger partial charge in [-0.25, -0.2) is 48.5 Å². The summed E-state index contributed by atoms with van der Waals surface area (Å²) in [6, 6.07) is 31.8. The summed E-state index contributed by atoms with van der Waals surface area (Å²) in [6.07, 6.45) is 13.2. The van der Waals surface area contributed by atoms with Crippen molar-refractivity contribution < 1.29 is 28.5 Å². The van der Waals surface area contributed by atoms with Gasteiger partial charge >= 0.3 is 12.2 Å². The maximum atomic E-state index is 12.7. The Balaban J connectivity index is 0.000000172. The van der Waals surface area contributed by atoms with Crippen molar-refractivity contribution in [1.82, 2.24) is 58.9 Å². The predicted molar refractivity (Wildman–Crippen MR) is 314 cm³/mol. The van der Waals surface area contributed by atoms with Gasteiger partial charge in [0, 0.05) is 84.7 Å². The molecule has 10 aromatic rings. The molecule has 2 aliphatic rings. The van der Waals surface area contributed by atoms with Crippen molar-refractivity contribution in [3.8, 4) is 23.0 Å². The molecule has 2 aliphatic heterocycles. The highest BCUT2D eigenvalue weighted by molar-refractivity contribution is 5.92. The van der Waals surface area contributed by atoms with E-state index in [0.29, 0.717) is 37.7 Å². The van der Waals surface area contributed by atoms with E-state index in [1.807, 2.05) is 150 Å². The Morgan fingerprint density at radius 1 is 0.512 bits per heavy atom. The molecule has 12 rings (SSSR count). The van der Waals surface area contributed by atoms with Crippen LogP contribution in [0.1, 0.15) is 101 Å². The molecular formula is C62H66N14O6. The number of nitrogens with one attached hydrogen (secondary N) is 2. The first kappa shape index (κ1) is 54.5. The van der Waals surface area contributed by atoms with Crippen LogP contribution in [0.25, 0.3) is 33.1 Å². The molecule has 2 atom stereocenters. The molecule has 0 radical (unpaired) electrons. The summed E-state index contributed by atoms with van der Waals surface area (Å²) in [5, 5.41) is 17.0. The number of nitrogens with zero attached hydrogens (tertiary/aromatic N) is 12. The van der Waals surface area contributed by atoms with Gasteiger partial charge in [-0.15, -0.1) is 0 Å². The fourth-order valence-corrected chi connectivity index (χ4v) is 10.3. The van der Waals surface area contributed by atoms with Crippen molar-refractivity contribution >= 4 is 68.3 Å². The number of amides is 2. The Hall–Kier alpha value is -9.46. The molecule has 2 amide bonds. The first-order chi connectivity index (χ1) is 39.4. The molecule has 20 nitrogen and oxygen atoms in total. The van der Waals surface area contributed by atoms with Gasteiger partial charge in [0.15, 0.2) is 11.3 Å². The second-order valence-electron chi connectivity index (χ2n) is 22.8. The molecule has 0 bridgehead atoms. The van der Waals surface area contributed by atoms with Crippen molar-refractivity contribution in [2.45, 2.75) is 104 Å². The summed E-state index contributed by atoms with van der Waals surface area (Å²) < 4.78 is 26.9. The lowest BCUT2D eigenvalue weighted by atomic mass is 9.90. The van der Waals surface area contributed by atoms with Gasteiger partial charge in [0.2, 0.25) is 0 Å². The fraction of sp³-hybridized carbons (Fsp3) is 0.323. The van der Waals surface area contributed by atoms with Crippen LogP contribution in [0.5, 0.6) is 23.0 Å². The number of hydrogen-bond donors (Lipinski definition) is 2. The fourth-order valence-electron chi connectivity index (χ4n) is 10.3. The topological polar surface area (TPSA) is 214 Å². The Bertz CT molecular complexity index is 3710. The highest BCUT2D eigenvalue weighted by Crippen LogP contribution is 2.36. The molecule has 82 heavy (non-hydrogen) atoms. The van der Waals surface area contributed by atoms with Crippen molar-refractivity contribution in [2.24, 2.45) is 0 Å². The van der Waals surface area contributed by atoms with Crippen LogP contribution < -0.4 is 20.1 Å². The van der Waals surface area contributed by atoms with Crippen LogP contribution in [0.2, 0.25) is 0 Å². The maximum Gasteiger partial charge on any atom is 0.410 e. The summed E-state index contributed by atoms with van der Waals surface area (Å²) in [6.45, 7) is 18.1. The average molecular weight is 1100 g/mol. The van der Waals surface area contributed by atoms with Crippen LogP contribution in [0.3, 0.4) is 0 Å². The van der Waals surface area contributed by atoms with Gasteiger partial charge in [-0.05, 0) is 176 Å². The summed E-state index contributed by atoms with van der Waals surface area (Å²) >= 11 is 0. The van der Waals surface area contributed by atoms with Gasteiger partial charge in [-0.2, -0.15) is 10.2 Å². The Morgan fingerprint density at radius 3 is 1.37 bits per heavy atom. The van der Waals surface area contributed by atoms with Gasteiger partial charge in [-0.1, -0.05) is 12.1 Å². The number of benzene rings is 4. The van der Waals surface area contributed by atoms with Crippen molar-refractivity contribution in [3.63, 3.8) is 0 Å². The van der Waals surface area contributed by atoms with Crippen LogP contribution in [-0.2, 0) is 9.47 Å². The van der Waals surface area contributed by atoms with E-state index >= 15 is 0 Å². The van der Waals surface area contributed by atoms with Gasteiger partial charge in [0.25, 0.3) is 0 Å². The molecule has 0 spiro atoms. The number of aromatic nitrogens is 10. The summed E-state index contributed by atoms with van der Waals surface area (Å²) in [5.41, 5.74) is 8.17. The number of hydrogen-bond acceptors (Lipinski definition) is 16. The van der Waals surface area contributed by atoms with Crippen LogP contribution >= 0.6 is 0 Å². The van der Waals surface area contributed by atoms with E-state index in [-0.39, 0.29) is 24.0 Å². The highest BCUT2D eigenvalue weighted by atomic mass is 16.6. The third kappa shape index (κ3) is 12.9. The predicted octanol–water partition coefficient (Wildman–Crippen LogP) is 13.3. The Labute approximate surface area is 474 Å². The summed E-state index contributed by atoms with van der Waals surface area (Å²) in [5.74, 6) is 4.76. The standard InChI is InChI=1S/2C31H33N7O3/c2*1-20-14-23(8-10-27(20)40-24-11-13-38-28(16-24)33-19-35-38)36-29-25-15-21(7-9-26(25)32-18-34-29)22-6-5-12-37(17-22)30(39)41-31(2,3)4/h2*7-11,13-16,18-19,22H,5-6,12,17H2,1-4H3,(H,32,34,36)/t22-;/m1./s1. The lowest BCUT2D eigenvalue weighted by molar-refractivity contribution is 0.0188. The molecule has 20 heteroatoms. The second kappa shape index (κ2) is 23.0. The number of piperidine rings is 2. The zero-order valence-corrected chi connectivity index (χ0v) is 47.3. The SMILES string of the molecule is Cc1cc(Nc2ncnc3ccc(C4CCCN(C(=O)OC(C)(C)C)C4)cc23)ccc1Oc1ccn2ncnc2c1.Cc1cc(Nc2ncnc3ccc([C@@H]4CCCN(C(=O)OC(C)(C)C)C4)cc23)ccc1Oc1ccn2ncnc2c1. The minimum absolute atomic E-state index is 0.212. The molecular weight excluding hydrogens is 1040 g/mol. The minimum Gasteiger partial charge on any atom is -0.457 e. The van der Waals surface area contributed by atoms with E-state index in [1.54, 1.807) is 21.7 Å². The Kier molecular flexibility index (Phi) is 15.3. The van der Waals surface area contributed by atoms with E-state index in [4.69, 9.17) is 18.9 Å². The number of ether oxygens (including phenoxy) is 4. The van der Waals surface area contributed by atoms with E-state index in [0.717, 1.165) is 116 Å². The molecule has 2 fully saturated rings. The Morgan fingerprint density at radius 2 is 0.951 bits per heavy atom. The number of rotatable bonds is 10. The quantitative estimate of drug-likeness (QED) is 0.130. The number of likely N-dealkylation sites (tertiary alicyclic amines) is 2. The van der Waals surface area contributed by atoms with Crippen LogP contribution in [0.15, 0.2) is 135 Å². The molecule has 0 saturated carbocycles. The van der Waals surface area contributed by atoms with E-state index in [9.17, 15) is 9.59 Å². The molecule has 1 unspecified atom stereocenters. The van der Waals surface area contributed by atoms with Crippen molar-refractivity contribution in [3.05, 3.63) is 157 Å². The number of fused-ring (bicyclic) bond motifs is 4. The number of carbonyl (C=O) groups is 2. The minimum atomic E-state index is -0.514. The number of pyridine rings is 2. The van der Waals surface area contributed by atoms with Gasteiger partial charge in [0.1, 0.15) is 71.1 Å². The lowest BCUT2D eigenvalue weighted by Gasteiger charge is -2.34. The zero-order valence-electron chi connectivity index (χ0n) is 47.3. The average Bonchev–Trinajstić information content (AvgIpc) is 4.18. The number of carbonyl (C=O) groups excluding carboxylic acids is 2. The molecule has 6 aromatic heterocycles. The first-order valence-electron chi connectivity index (χ1n) is 27.6. The molecule has 420 valence electrons. The maximum absolute atomic E-state index is 12.7. The van der Waals surface area contributed by atoms with Crippen molar-refractivity contribution in [1.29, 1.82) is 0 Å². The molecule has 0 aliphatic carbocycles. The van der Waals surface area contributed by atoms with Gasteiger partial charge < -0.3 is 39.4 Å². The van der Waals surface area contributed by atoms with Crippen LogP contribution in [-0.4, -0.2) is 108 Å². The van der Waals surface area contributed by atoms with Gasteiger partial charge in [0.05, 0.1) is 11.0 Å². The van der Waals surface area contributed by atoms with Crippen LogP contribution in [0, 0.1) is 13.8 Å². The highest BCUT2D eigenvalue weighted by Gasteiger charge is 2.30. The van der Waals surface area contributed by atoms with Crippen molar-refractivity contribution in [2.75, 3.05) is 36.8 Å². The molecule has 8 heterocycles. The summed E-state index contributed by atoms with van der Waals surface area (Å²) in [7, 11) is 0. The third-order valence-corrected chi connectivity index (χ3v) is 14.2. The first-order valence-corrected chi connectivity index (χ1v) is 27.6. The molecule has 2 saturated heterocycles. The molecule has 4 aromatic carbocycles.